The maximum Gasteiger partial charge on any atom is 0.312 e. The van der Waals surface area contributed by atoms with E-state index >= 15 is 0 Å². The fraction of sp³-hybridized carbons (Fsp3) is 0.375. The highest BCUT2D eigenvalue weighted by Crippen LogP contribution is 2.33. The Morgan fingerprint density at radius 1 is 1.38 bits per heavy atom. The van der Waals surface area contributed by atoms with E-state index in [-0.39, 0.29) is 6.42 Å². The summed E-state index contributed by atoms with van der Waals surface area (Å²) < 4.78 is 7.89. The Kier molecular flexibility index (Phi) is 5.38. The third-order valence-electron chi connectivity index (χ3n) is 3.63. The van der Waals surface area contributed by atoms with E-state index in [0.29, 0.717) is 11.3 Å². The third kappa shape index (κ3) is 4.19. The van der Waals surface area contributed by atoms with Crippen molar-refractivity contribution in [2.24, 2.45) is 7.05 Å². The number of nitro groups is 1. The molecule has 8 heteroatoms. The largest absolute Gasteiger partial charge is 0.449 e. The van der Waals surface area contributed by atoms with Gasteiger partial charge in [0.05, 0.1) is 12.1 Å². The molecule has 0 aliphatic rings. The van der Waals surface area contributed by atoms with Crippen LogP contribution in [0.15, 0.2) is 41.0 Å². The Hall–Kier alpha value is -2.22. The Morgan fingerprint density at radius 3 is 2.50 bits per heavy atom. The van der Waals surface area contributed by atoms with E-state index in [1.54, 1.807) is 48.3 Å². The molecule has 0 aliphatic heterocycles. The lowest BCUT2D eigenvalue weighted by atomic mass is 9.91. The molecule has 0 unspecified atom stereocenters. The predicted octanol–water partition coefficient (Wildman–Crippen LogP) is 3.06. The molecule has 0 radical (unpaired) electrons. The number of carbonyl (C=O) groups is 1. The van der Waals surface area contributed by atoms with E-state index in [0.717, 1.165) is 4.47 Å². The second kappa shape index (κ2) is 7.12. The summed E-state index contributed by atoms with van der Waals surface area (Å²) in [6.07, 6.45) is 0.675. The predicted molar refractivity (Wildman–Crippen MR) is 91.0 cm³/mol. The van der Waals surface area contributed by atoms with Crippen LogP contribution < -0.4 is 0 Å². The molecule has 0 spiro atoms. The summed E-state index contributed by atoms with van der Waals surface area (Å²) in [5.74, 6) is -0.559. The second-order valence-corrected chi connectivity index (χ2v) is 6.91. The number of hydrogen-bond acceptors (Lipinski definition) is 5. The van der Waals surface area contributed by atoms with Crippen LogP contribution in [-0.2, 0) is 23.0 Å². The zero-order chi connectivity index (χ0) is 17.9. The van der Waals surface area contributed by atoms with Crippen LogP contribution in [0, 0.1) is 10.1 Å². The summed E-state index contributed by atoms with van der Waals surface area (Å²) in [6.45, 7) is 2.88. The first-order chi connectivity index (χ1) is 11.2. The number of halogens is 1. The quantitative estimate of drug-likeness (QED) is 0.426. The average Bonchev–Trinajstić information content (AvgIpc) is 2.90. The Labute approximate surface area is 147 Å². The number of benzene rings is 1. The van der Waals surface area contributed by atoms with Crippen molar-refractivity contribution in [3.63, 3.8) is 0 Å². The zero-order valence-electron chi connectivity index (χ0n) is 13.6. The first-order valence-corrected chi connectivity index (χ1v) is 8.07. The molecule has 0 fully saturated rings. The average molecular weight is 396 g/mol. The van der Waals surface area contributed by atoms with Gasteiger partial charge in [-0.25, -0.2) is 0 Å². The normalized spacial score (nSPS) is 12.7. The van der Waals surface area contributed by atoms with Crippen LogP contribution in [0.2, 0.25) is 0 Å². The topological polar surface area (TPSA) is 87.3 Å². The molecular formula is C16H18BrN3O4. The number of esters is 1. The van der Waals surface area contributed by atoms with Gasteiger partial charge in [-0.05, 0) is 23.8 Å². The van der Waals surface area contributed by atoms with Crippen LogP contribution >= 0.6 is 15.9 Å². The molecule has 0 aliphatic carbocycles. The van der Waals surface area contributed by atoms with Crippen LogP contribution in [0.25, 0.3) is 0 Å². The fourth-order valence-electron chi connectivity index (χ4n) is 2.23. The molecule has 1 aromatic carbocycles. The maximum atomic E-state index is 12.2. The monoisotopic (exact) mass is 395 g/mol. The summed E-state index contributed by atoms with van der Waals surface area (Å²) in [6, 6.07) is 8.62. The smallest absolute Gasteiger partial charge is 0.312 e. The van der Waals surface area contributed by atoms with Crippen molar-refractivity contribution >= 4 is 21.9 Å². The first kappa shape index (κ1) is 18.1. The van der Waals surface area contributed by atoms with Gasteiger partial charge in [-0.1, -0.05) is 28.1 Å². The molecule has 0 saturated carbocycles. The van der Waals surface area contributed by atoms with Crippen molar-refractivity contribution in [1.82, 2.24) is 9.78 Å². The van der Waals surface area contributed by atoms with Gasteiger partial charge in [0.25, 0.3) is 5.54 Å². The Morgan fingerprint density at radius 2 is 2.00 bits per heavy atom. The maximum absolute atomic E-state index is 12.2. The van der Waals surface area contributed by atoms with Crippen LogP contribution in [0.4, 0.5) is 0 Å². The van der Waals surface area contributed by atoms with E-state index in [2.05, 4.69) is 21.0 Å². The SMILES string of the molecule is Cn1ccc(CC(=O)O[C@H](c2ccc(Br)cc2)C(C)(C)[N+](=O)[O-])n1. The second-order valence-electron chi connectivity index (χ2n) is 5.99. The van der Waals surface area contributed by atoms with E-state index in [4.69, 9.17) is 4.74 Å². The number of aromatic nitrogens is 2. The van der Waals surface area contributed by atoms with Crippen molar-refractivity contribution in [3.8, 4) is 0 Å². The van der Waals surface area contributed by atoms with Crippen LogP contribution in [0.1, 0.15) is 31.2 Å². The number of hydrogen-bond donors (Lipinski definition) is 0. The number of carbonyl (C=O) groups excluding carboxylic acids is 1. The van der Waals surface area contributed by atoms with Gasteiger partial charge < -0.3 is 4.74 Å². The zero-order valence-corrected chi connectivity index (χ0v) is 15.2. The number of rotatable bonds is 6. The lowest BCUT2D eigenvalue weighted by Crippen LogP contribution is -2.40. The molecule has 2 aromatic rings. The fourth-order valence-corrected chi connectivity index (χ4v) is 2.50. The molecule has 1 heterocycles. The highest BCUT2D eigenvalue weighted by molar-refractivity contribution is 9.10. The summed E-state index contributed by atoms with van der Waals surface area (Å²) in [7, 11) is 1.75. The van der Waals surface area contributed by atoms with E-state index < -0.39 is 22.5 Å². The number of nitrogens with zero attached hydrogens (tertiary/aromatic N) is 3. The van der Waals surface area contributed by atoms with Crippen molar-refractivity contribution < 1.29 is 14.5 Å². The van der Waals surface area contributed by atoms with E-state index in [9.17, 15) is 14.9 Å². The number of ether oxygens (including phenoxy) is 1. The van der Waals surface area contributed by atoms with Gasteiger partial charge in [0.1, 0.15) is 0 Å². The van der Waals surface area contributed by atoms with Crippen molar-refractivity contribution in [1.29, 1.82) is 0 Å². The van der Waals surface area contributed by atoms with Gasteiger partial charge in [0.2, 0.25) is 0 Å². The summed E-state index contributed by atoms with van der Waals surface area (Å²) in [5, 5.41) is 15.6. The molecule has 1 aromatic heterocycles. The minimum atomic E-state index is -1.46. The van der Waals surface area contributed by atoms with Crippen LogP contribution in [0.3, 0.4) is 0 Å². The van der Waals surface area contributed by atoms with Gasteiger partial charge in [-0.15, -0.1) is 0 Å². The number of aryl methyl sites for hydroxylation is 1. The highest BCUT2D eigenvalue weighted by atomic mass is 79.9. The van der Waals surface area contributed by atoms with E-state index in [1.807, 2.05) is 0 Å². The van der Waals surface area contributed by atoms with Gasteiger partial charge in [0, 0.05) is 36.5 Å². The van der Waals surface area contributed by atoms with Crippen molar-refractivity contribution in [3.05, 3.63) is 62.4 Å². The minimum absolute atomic E-state index is 0.0400. The molecule has 0 N–H and O–H groups in total. The van der Waals surface area contributed by atoms with E-state index in [1.165, 1.54) is 13.8 Å². The molecule has 24 heavy (non-hydrogen) atoms. The summed E-state index contributed by atoms with van der Waals surface area (Å²) in [5.41, 5.74) is -0.349. The van der Waals surface area contributed by atoms with Gasteiger partial charge in [-0.2, -0.15) is 5.10 Å². The first-order valence-electron chi connectivity index (χ1n) is 7.28. The third-order valence-corrected chi connectivity index (χ3v) is 4.16. The Balaban J connectivity index is 2.24. The molecule has 128 valence electrons. The Bertz CT molecular complexity index is 740. The van der Waals surface area contributed by atoms with Crippen molar-refractivity contribution in [2.75, 3.05) is 0 Å². The lowest BCUT2D eigenvalue weighted by molar-refractivity contribution is -0.574. The molecule has 7 nitrogen and oxygen atoms in total. The molecule has 0 saturated heterocycles. The molecular weight excluding hydrogens is 378 g/mol. The standard InChI is InChI=1S/C16H18BrN3O4/c1-16(2,20(22)23)15(11-4-6-12(17)7-5-11)24-14(21)10-13-8-9-19(3)18-13/h4-9,15H,10H2,1-3H3/t15-/m1/s1. The lowest BCUT2D eigenvalue weighted by Gasteiger charge is -2.27. The van der Waals surface area contributed by atoms with Crippen molar-refractivity contribution in [2.45, 2.75) is 31.9 Å². The summed E-state index contributed by atoms with van der Waals surface area (Å²) >= 11 is 3.32. The molecule has 0 amide bonds. The van der Waals surface area contributed by atoms with Gasteiger partial charge >= 0.3 is 5.97 Å². The molecule has 2 rings (SSSR count). The molecule has 0 bridgehead atoms. The highest BCUT2D eigenvalue weighted by Gasteiger charge is 2.44. The van der Waals surface area contributed by atoms with Crippen LogP contribution in [0.5, 0.6) is 0 Å². The van der Waals surface area contributed by atoms with Crippen LogP contribution in [-0.4, -0.2) is 26.2 Å². The van der Waals surface area contributed by atoms with Gasteiger partial charge in [0.15, 0.2) is 6.10 Å². The minimum Gasteiger partial charge on any atom is -0.449 e. The van der Waals surface area contributed by atoms with Gasteiger partial charge in [-0.3, -0.25) is 19.6 Å². The molecule has 1 atom stereocenters. The summed E-state index contributed by atoms with van der Waals surface area (Å²) in [4.78, 5) is 23.2.